The lowest BCUT2D eigenvalue weighted by Gasteiger charge is -2.10. The van der Waals surface area contributed by atoms with Gasteiger partial charge in [0.2, 0.25) is 10.0 Å². The van der Waals surface area contributed by atoms with Crippen molar-refractivity contribution in [3.8, 4) is 0 Å². The van der Waals surface area contributed by atoms with Crippen molar-refractivity contribution in [3.05, 3.63) is 64.0 Å². The molecule has 2 aromatic heterocycles. The zero-order valence-electron chi connectivity index (χ0n) is 19.5. The molecule has 0 aliphatic heterocycles. The minimum atomic E-state index is -3.31. The molecule has 180 valence electrons. The third-order valence-electron chi connectivity index (χ3n) is 5.98. The third-order valence-corrected chi connectivity index (χ3v) is 7.31. The Kier molecular flexibility index (Phi) is 6.99. The van der Waals surface area contributed by atoms with E-state index in [0.717, 1.165) is 35.0 Å². The Morgan fingerprint density at radius 2 is 1.82 bits per heavy atom. The molecule has 0 atom stereocenters. The molecule has 0 bridgehead atoms. The van der Waals surface area contributed by atoms with E-state index >= 15 is 0 Å². The van der Waals surface area contributed by atoms with Crippen LogP contribution in [0.5, 0.6) is 0 Å². The maximum atomic E-state index is 14.3. The second kappa shape index (κ2) is 9.94. The Bertz CT molecular complexity index is 1410. The van der Waals surface area contributed by atoms with Crippen LogP contribution >= 0.6 is 0 Å². The molecule has 4 rings (SSSR count). The zero-order chi connectivity index (χ0) is 24.3. The fourth-order valence-corrected chi connectivity index (χ4v) is 4.94. The predicted octanol–water partition coefficient (Wildman–Crippen LogP) is 2.60. The number of fused-ring (bicyclic) bond motifs is 1. The van der Waals surface area contributed by atoms with Crippen molar-refractivity contribution < 1.29 is 12.8 Å². The summed E-state index contributed by atoms with van der Waals surface area (Å²) < 4.78 is 40.0. The van der Waals surface area contributed by atoms with E-state index in [9.17, 15) is 12.8 Å². The maximum absolute atomic E-state index is 14.3. The van der Waals surface area contributed by atoms with Crippen LogP contribution in [0.25, 0.3) is 11.4 Å². The summed E-state index contributed by atoms with van der Waals surface area (Å²) >= 11 is 0. The number of rotatable bonds is 9. The summed E-state index contributed by atoms with van der Waals surface area (Å²) in [5.74, 6) is 1.15. The van der Waals surface area contributed by atoms with Crippen LogP contribution in [-0.2, 0) is 22.2 Å². The molecule has 2 heterocycles. The summed E-state index contributed by atoms with van der Waals surface area (Å²) in [6, 6.07) is 8.95. The number of sulfonamides is 1. The number of H-pyrrole nitrogens is 1. The molecule has 10 heteroatoms. The van der Waals surface area contributed by atoms with Crippen LogP contribution in [0.4, 0.5) is 21.7 Å². The number of aryl methyl sites for hydroxylation is 1. The standard InChI is InChI=1S/C24H29FN6O2S/c1-15-4-9-20(25)24-23(15)19(16(2)30-24)10-11-27-21-12-22(29-14-28-21)31-18-7-5-17(6-8-18)13-34(32,33)26-3/h5-8,12,14,26,30H,4,9-11,13H2,1-3H3,(H2,27,28,29,31). The Balaban J connectivity index is 1.40. The Labute approximate surface area is 198 Å². The number of hydrogen-bond acceptors (Lipinski definition) is 6. The number of benzene rings is 1. The molecule has 0 radical (unpaired) electrons. The fourth-order valence-electron chi connectivity index (χ4n) is 4.16. The Hall–Kier alpha value is -3.24. The highest BCUT2D eigenvalue weighted by atomic mass is 32.2. The molecule has 8 nitrogen and oxygen atoms in total. The largest absolute Gasteiger partial charge is 0.370 e. The van der Waals surface area contributed by atoms with Gasteiger partial charge < -0.3 is 15.6 Å². The Morgan fingerprint density at radius 3 is 2.56 bits per heavy atom. The minimum absolute atomic E-state index is 0.0638. The van der Waals surface area contributed by atoms with E-state index in [1.807, 2.05) is 25.1 Å². The summed E-state index contributed by atoms with van der Waals surface area (Å²) in [6.45, 7) is 4.70. The first-order valence-corrected chi connectivity index (χ1v) is 12.8. The highest BCUT2D eigenvalue weighted by Gasteiger charge is 2.15. The van der Waals surface area contributed by atoms with Crippen molar-refractivity contribution in [2.45, 2.75) is 38.9 Å². The van der Waals surface area contributed by atoms with Gasteiger partial charge in [0.25, 0.3) is 0 Å². The summed E-state index contributed by atoms with van der Waals surface area (Å²) in [4.78, 5) is 11.8. The minimum Gasteiger partial charge on any atom is -0.370 e. The van der Waals surface area contributed by atoms with E-state index in [0.29, 0.717) is 35.5 Å². The summed E-state index contributed by atoms with van der Waals surface area (Å²) in [5.41, 5.74) is 4.84. The molecule has 3 aromatic rings. The number of nitrogens with one attached hydrogen (secondary N) is 4. The molecular weight excluding hydrogens is 455 g/mol. The van der Waals surface area contributed by atoms with Gasteiger partial charge in [0.05, 0.1) is 11.1 Å². The molecule has 1 aliphatic carbocycles. The third kappa shape index (κ3) is 5.45. The van der Waals surface area contributed by atoms with Crippen LogP contribution in [0.2, 0.25) is 0 Å². The van der Waals surface area contributed by atoms with Crippen LogP contribution in [0.1, 0.15) is 36.6 Å². The first kappa shape index (κ1) is 23.9. The van der Waals surface area contributed by atoms with Crippen molar-refractivity contribution in [2.75, 3.05) is 24.2 Å². The van der Waals surface area contributed by atoms with Crippen molar-refractivity contribution in [2.24, 2.45) is 0 Å². The van der Waals surface area contributed by atoms with Crippen molar-refractivity contribution >= 4 is 38.7 Å². The topological polar surface area (TPSA) is 112 Å². The van der Waals surface area contributed by atoms with Gasteiger partial charge in [-0.1, -0.05) is 17.7 Å². The number of aromatic amines is 1. The zero-order valence-corrected chi connectivity index (χ0v) is 20.3. The smallest absolute Gasteiger partial charge is 0.215 e. The first-order valence-electron chi connectivity index (χ1n) is 11.1. The monoisotopic (exact) mass is 484 g/mol. The Morgan fingerprint density at radius 1 is 1.09 bits per heavy atom. The SMILES string of the molecule is CNS(=O)(=O)Cc1ccc(Nc2cc(NCCc3c(C)[nH]c4c3=C(C)CCC=4F)ncn2)cc1. The van der Waals surface area contributed by atoms with E-state index in [1.165, 1.54) is 18.9 Å². The molecule has 0 amide bonds. The van der Waals surface area contributed by atoms with Crippen LogP contribution in [0.15, 0.2) is 36.7 Å². The lowest BCUT2D eigenvalue weighted by atomic mass is 10.00. The average molecular weight is 485 g/mol. The lowest BCUT2D eigenvalue weighted by Crippen LogP contribution is -2.32. The molecule has 1 aliphatic rings. The van der Waals surface area contributed by atoms with Gasteiger partial charge in [-0.3, -0.25) is 0 Å². The van der Waals surface area contributed by atoms with Crippen LogP contribution in [0, 0.1) is 6.92 Å². The molecule has 0 saturated heterocycles. The highest BCUT2D eigenvalue weighted by molar-refractivity contribution is 7.88. The number of nitrogens with zero attached hydrogens (tertiary/aromatic N) is 2. The molecule has 34 heavy (non-hydrogen) atoms. The van der Waals surface area contributed by atoms with Gasteiger partial charge in [0.1, 0.15) is 23.8 Å². The predicted molar refractivity (Wildman–Crippen MR) is 133 cm³/mol. The van der Waals surface area contributed by atoms with E-state index in [4.69, 9.17) is 0 Å². The van der Waals surface area contributed by atoms with Crippen LogP contribution < -0.4 is 25.9 Å². The average Bonchev–Trinajstić information content (AvgIpc) is 3.15. The van der Waals surface area contributed by atoms with E-state index in [2.05, 4.69) is 37.2 Å². The van der Waals surface area contributed by atoms with Gasteiger partial charge in [-0.2, -0.15) is 0 Å². The van der Waals surface area contributed by atoms with Crippen LogP contribution in [0.3, 0.4) is 0 Å². The maximum Gasteiger partial charge on any atom is 0.215 e. The number of aromatic nitrogens is 3. The molecule has 4 N–H and O–H groups in total. The number of anilines is 3. The van der Waals surface area contributed by atoms with Gasteiger partial charge in [-0.15, -0.1) is 0 Å². The molecule has 0 saturated carbocycles. The van der Waals surface area contributed by atoms with Gasteiger partial charge in [0.15, 0.2) is 0 Å². The lowest BCUT2D eigenvalue weighted by molar-refractivity contribution is 0.587. The summed E-state index contributed by atoms with van der Waals surface area (Å²) in [7, 11) is -1.91. The molecule has 0 spiro atoms. The fraction of sp³-hybridized carbons (Fsp3) is 0.333. The normalized spacial score (nSPS) is 13.6. The van der Waals surface area contributed by atoms with Gasteiger partial charge in [-0.05, 0) is 57.0 Å². The van der Waals surface area contributed by atoms with Gasteiger partial charge in [-0.25, -0.2) is 27.5 Å². The highest BCUT2D eigenvalue weighted by Crippen LogP contribution is 2.19. The number of hydrogen-bond donors (Lipinski definition) is 4. The summed E-state index contributed by atoms with van der Waals surface area (Å²) in [5, 5.41) is 8.19. The first-order chi connectivity index (χ1) is 16.3. The van der Waals surface area contributed by atoms with Gasteiger partial charge >= 0.3 is 0 Å². The molecule has 0 unspecified atom stereocenters. The quantitative estimate of drug-likeness (QED) is 0.372. The summed E-state index contributed by atoms with van der Waals surface area (Å²) in [6.07, 6.45) is 3.44. The number of halogens is 1. The molecule has 0 fully saturated rings. The van der Waals surface area contributed by atoms with E-state index < -0.39 is 10.0 Å². The second-order valence-corrected chi connectivity index (χ2v) is 10.3. The molecular formula is C24H29FN6O2S. The van der Waals surface area contributed by atoms with Crippen molar-refractivity contribution in [1.29, 1.82) is 0 Å². The van der Waals surface area contributed by atoms with Crippen molar-refractivity contribution in [3.63, 3.8) is 0 Å². The van der Waals surface area contributed by atoms with Gasteiger partial charge in [0, 0.05) is 35.6 Å². The second-order valence-electron chi connectivity index (χ2n) is 8.41. The van der Waals surface area contributed by atoms with Crippen molar-refractivity contribution in [1.82, 2.24) is 19.7 Å². The molecule has 1 aromatic carbocycles. The van der Waals surface area contributed by atoms with E-state index in [1.54, 1.807) is 12.1 Å². The van der Waals surface area contributed by atoms with Crippen LogP contribution in [-0.4, -0.2) is 37.0 Å². The van der Waals surface area contributed by atoms with E-state index in [-0.39, 0.29) is 11.6 Å².